The van der Waals surface area contributed by atoms with Crippen LogP contribution in [0.5, 0.6) is 11.8 Å². The van der Waals surface area contributed by atoms with Crippen LogP contribution in [-0.4, -0.2) is 10.6 Å². The molecule has 5 heteroatoms. The molecular formula is C16H19ClN2O2. The number of anilines is 1. The number of aromatic nitrogens is 1. The van der Waals surface area contributed by atoms with E-state index in [4.69, 9.17) is 26.8 Å². The van der Waals surface area contributed by atoms with Crippen molar-refractivity contribution >= 4 is 17.3 Å². The molecule has 0 spiro atoms. The topological polar surface area (TPSA) is 57.4 Å². The first-order valence-corrected chi connectivity index (χ1v) is 7.04. The zero-order chi connectivity index (χ0) is 15.5. The summed E-state index contributed by atoms with van der Waals surface area (Å²) in [6.07, 6.45) is 0. The predicted octanol–water partition coefficient (Wildman–Crippen LogP) is 4.07. The number of nitrogen functional groups attached to an aromatic ring is 1. The second-order valence-electron chi connectivity index (χ2n) is 5.67. The summed E-state index contributed by atoms with van der Waals surface area (Å²) >= 11 is 5.84. The van der Waals surface area contributed by atoms with Crippen molar-refractivity contribution in [2.75, 3.05) is 5.73 Å². The van der Waals surface area contributed by atoms with Crippen LogP contribution in [0.3, 0.4) is 0 Å². The lowest BCUT2D eigenvalue weighted by Crippen LogP contribution is -2.24. The molecule has 0 saturated heterocycles. The van der Waals surface area contributed by atoms with Crippen LogP contribution in [0.1, 0.15) is 26.3 Å². The first kappa shape index (κ1) is 15.4. The second kappa shape index (κ2) is 6.22. The molecule has 0 aliphatic carbocycles. The van der Waals surface area contributed by atoms with Crippen LogP contribution in [0.2, 0.25) is 5.02 Å². The Balaban J connectivity index is 2.06. The van der Waals surface area contributed by atoms with Crippen molar-refractivity contribution in [3.8, 4) is 11.8 Å². The van der Waals surface area contributed by atoms with Gasteiger partial charge < -0.3 is 15.2 Å². The van der Waals surface area contributed by atoms with Crippen molar-refractivity contribution < 1.29 is 9.47 Å². The summed E-state index contributed by atoms with van der Waals surface area (Å²) in [5, 5.41) is 0.699. The summed E-state index contributed by atoms with van der Waals surface area (Å²) in [4.78, 5) is 4.29. The van der Waals surface area contributed by atoms with E-state index in [1.165, 1.54) is 0 Å². The highest BCUT2D eigenvalue weighted by molar-refractivity contribution is 6.30. The Hall–Kier alpha value is -1.94. The molecule has 0 unspecified atom stereocenters. The van der Waals surface area contributed by atoms with Gasteiger partial charge >= 0.3 is 0 Å². The molecular weight excluding hydrogens is 288 g/mol. The number of pyridine rings is 1. The van der Waals surface area contributed by atoms with Crippen molar-refractivity contribution in [2.45, 2.75) is 33.0 Å². The second-order valence-corrected chi connectivity index (χ2v) is 6.11. The number of ether oxygens (including phenoxy) is 2. The maximum Gasteiger partial charge on any atom is 0.241 e. The van der Waals surface area contributed by atoms with Crippen LogP contribution >= 0.6 is 11.6 Å². The molecule has 112 valence electrons. The lowest BCUT2D eigenvalue weighted by atomic mass is 10.2. The largest absolute Gasteiger partial charge is 0.473 e. The molecule has 0 aliphatic rings. The molecule has 21 heavy (non-hydrogen) atoms. The quantitative estimate of drug-likeness (QED) is 0.925. The van der Waals surface area contributed by atoms with Crippen LogP contribution in [0.15, 0.2) is 36.4 Å². The standard InChI is InChI=1S/C16H19ClN2O2/c1-16(2,3)21-15-13(18)8-9-14(19-15)20-10-11-4-6-12(17)7-5-11/h4-9H,10,18H2,1-3H3. The van der Waals surface area contributed by atoms with E-state index in [0.717, 1.165) is 5.56 Å². The summed E-state index contributed by atoms with van der Waals surface area (Å²) < 4.78 is 11.4. The van der Waals surface area contributed by atoms with E-state index in [2.05, 4.69) is 4.98 Å². The smallest absolute Gasteiger partial charge is 0.241 e. The summed E-state index contributed by atoms with van der Waals surface area (Å²) in [5.74, 6) is 0.856. The normalized spacial score (nSPS) is 11.2. The third-order valence-corrected chi connectivity index (χ3v) is 2.82. The van der Waals surface area contributed by atoms with E-state index in [1.807, 2.05) is 45.0 Å². The Labute approximate surface area is 129 Å². The molecule has 1 heterocycles. The van der Waals surface area contributed by atoms with E-state index >= 15 is 0 Å². The Morgan fingerprint density at radius 3 is 2.38 bits per heavy atom. The van der Waals surface area contributed by atoms with Crippen LogP contribution in [0, 0.1) is 0 Å². The molecule has 2 N–H and O–H groups in total. The fraction of sp³-hybridized carbons (Fsp3) is 0.312. The van der Waals surface area contributed by atoms with E-state index < -0.39 is 0 Å². The minimum atomic E-state index is -0.365. The summed E-state index contributed by atoms with van der Waals surface area (Å²) in [5.41, 5.74) is 7.00. The van der Waals surface area contributed by atoms with Crippen LogP contribution < -0.4 is 15.2 Å². The first-order valence-electron chi connectivity index (χ1n) is 6.66. The van der Waals surface area contributed by atoms with Gasteiger partial charge in [-0.2, -0.15) is 4.98 Å². The van der Waals surface area contributed by atoms with Gasteiger partial charge in [0.15, 0.2) is 0 Å². The Morgan fingerprint density at radius 2 is 1.76 bits per heavy atom. The molecule has 0 fully saturated rings. The summed E-state index contributed by atoms with van der Waals surface area (Å²) in [6.45, 7) is 6.23. The van der Waals surface area contributed by atoms with Crippen molar-refractivity contribution in [1.29, 1.82) is 0 Å². The van der Waals surface area contributed by atoms with Gasteiger partial charge in [0, 0.05) is 11.1 Å². The first-order chi connectivity index (χ1) is 9.83. The van der Waals surface area contributed by atoms with E-state index in [0.29, 0.717) is 29.1 Å². The molecule has 0 bridgehead atoms. The molecule has 0 aliphatic heterocycles. The zero-order valence-corrected chi connectivity index (χ0v) is 13.1. The number of nitrogens with two attached hydrogens (primary N) is 1. The number of hydrogen-bond donors (Lipinski definition) is 1. The fourth-order valence-corrected chi connectivity index (χ4v) is 1.75. The van der Waals surface area contributed by atoms with Crippen molar-refractivity contribution in [1.82, 2.24) is 4.98 Å². The van der Waals surface area contributed by atoms with Gasteiger partial charge in [-0.1, -0.05) is 23.7 Å². The van der Waals surface area contributed by atoms with Crippen LogP contribution in [0.25, 0.3) is 0 Å². The highest BCUT2D eigenvalue weighted by Gasteiger charge is 2.15. The SMILES string of the molecule is CC(C)(C)Oc1nc(OCc2ccc(Cl)cc2)ccc1N. The number of halogens is 1. The molecule has 1 aromatic heterocycles. The highest BCUT2D eigenvalue weighted by atomic mass is 35.5. The van der Waals surface area contributed by atoms with Gasteiger partial charge in [0.1, 0.15) is 12.2 Å². The minimum absolute atomic E-state index is 0.365. The maximum atomic E-state index is 5.86. The molecule has 0 radical (unpaired) electrons. The van der Waals surface area contributed by atoms with Crippen LogP contribution in [-0.2, 0) is 6.61 Å². The van der Waals surface area contributed by atoms with Gasteiger partial charge in [0.25, 0.3) is 0 Å². The van der Waals surface area contributed by atoms with Gasteiger partial charge in [-0.25, -0.2) is 0 Å². The predicted molar refractivity (Wildman–Crippen MR) is 84.8 cm³/mol. The van der Waals surface area contributed by atoms with E-state index in [1.54, 1.807) is 12.1 Å². The van der Waals surface area contributed by atoms with E-state index in [-0.39, 0.29) is 5.60 Å². The number of nitrogens with zero attached hydrogens (tertiary/aromatic N) is 1. The van der Waals surface area contributed by atoms with Gasteiger partial charge in [0.2, 0.25) is 11.8 Å². The fourth-order valence-electron chi connectivity index (χ4n) is 1.62. The molecule has 1 aromatic carbocycles. The summed E-state index contributed by atoms with van der Waals surface area (Å²) in [6, 6.07) is 10.9. The zero-order valence-electron chi connectivity index (χ0n) is 12.4. The Bertz CT molecular complexity index is 607. The molecule has 4 nitrogen and oxygen atoms in total. The molecule has 0 amide bonds. The average molecular weight is 307 g/mol. The molecule has 0 atom stereocenters. The van der Waals surface area contributed by atoms with Crippen molar-refractivity contribution in [2.24, 2.45) is 0 Å². The van der Waals surface area contributed by atoms with Crippen LogP contribution in [0.4, 0.5) is 5.69 Å². The Morgan fingerprint density at radius 1 is 1.10 bits per heavy atom. The average Bonchev–Trinajstić information content (AvgIpc) is 2.40. The van der Waals surface area contributed by atoms with Gasteiger partial charge in [-0.05, 0) is 44.5 Å². The van der Waals surface area contributed by atoms with Crippen molar-refractivity contribution in [3.63, 3.8) is 0 Å². The molecule has 2 aromatic rings. The van der Waals surface area contributed by atoms with Gasteiger partial charge in [-0.15, -0.1) is 0 Å². The number of benzene rings is 1. The monoisotopic (exact) mass is 306 g/mol. The van der Waals surface area contributed by atoms with Crippen molar-refractivity contribution in [3.05, 3.63) is 47.0 Å². The third kappa shape index (κ3) is 4.83. The van der Waals surface area contributed by atoms with Gasteiger partial charge in [-0.3, -0.25) is 0 Å². The number of hydrogen-bond acceptors (Lipinski definition) is 4. The molecule has 2 rings (SSSR count). The minimum Gasteiger partial charge on any atom is -0.473 e. The lowest BCUT2D eigenvalue weighted by Gasteiger charge is -2.21. The lowest BCUT2D eigenvalue weighted by molar-refractivity contribution is 0.123. The summed E-state index contributed by atoms with van der Waals surface area (Å²) in [7, 11) is 0. The molecule has 0 saturated carbocycles. The highest BCUT2D eigenvalue weighted by Crippen LogP contribution is 2.26. The third-order valence-electron chi connectivity index (χ3n) is 2.57. The van der Waals surface area contributed by atoms with E-state index in [9.17, 15) is 0 Å². The van der Waals surface area contributed by atoms with Gasteiger partial charge in [0.05, 0.1) is 5.69 Å². The maximum absolute atomic E-state index is 5.86. The Kier molecular flexibility index (Phi) is 4.58. The number of rotatable bonds is 4.